The van der Waals surface area contributed by atoms with Crippen LogP contribution < -0.4 is 14.5 Å². The number of hydrogen-bond acceptors (Lipinski definition) is 5. The molecule has 0 amide bonds. The Hall–Kier alpha value is -3.22. The van der Waals surface area contributed by atoms with E-state index in [9.17, 15) is 9.90 Å². The van der Waals surface area contributed by atoms with E-state index in [-0.39, 0.29) is 5.75 Å². The molecule has 7 nitrogen and oxygen atoms in total. The molecule has 110 valence electrons. The number of carbonyl (C=O) groups is 1. The first-order valence-corrected chi connectivity index (χ1v) is 6.55. The van der Waals surface area contributed by atoms with Gasteiger partial charge in [0, 0.05) is 11.7 Å². The summed E-state index contributed by atoms with van der Waals surface area (Å²) < 4.78 is 6.27. The van der Waals surface area contributed by atoms with Crippen molar-refractivity contribution in [3.63, 3.8) is 0 Å². The summed E-state index contributed by atoms with van der Waals surface area (Å²) in [5, 5.41) is 20.0. The molecule has 0 unspecified atom stereocenters. The van der Waals surface area contributed by atoms with Crippen LogP contribution in [0.25, 0.3) is 11.4 Å². The number of hydrogen-bond donors (Lipinski definition) is 0. The Morgan fingerprint density at radius 1 is 1.14 bits per heavy atom. The van der Waals surface area contributed by atoms with Gasteiger partial charge in [0.25, 0.3) is 6.01 Å². The Balaban J connectivity index is 2.06. The first-order chi connectivity index (χ1) is 10.6. The summed E-state index contributed by atoms with van der Waals surface area (Å²) >= 11 is 0. The van der Waals surface area contributed by atoms with Crippen molar-refractivity contribution in [1.82, 2.24) is 15.1 Å². The largest absolute Gasteiger partial charge is 0.816 e. The zero-order chi connectivity index (χ0) is 15.5. The van der Waals surface area contributed by atoms with Crippen LogP contribution >= 0.6 is 0 Å². The topological polar surface area (TPSA) is 84.0 Å². The van der Waals surface area contributed by atoms with E-state index in [0.717, 1.165) is 4.80 Å². The number of ether oxygens (including phenoxy) is 1. The lowest BCUT2D eigenvalue weighted by Crippen LogP contribution is -2.36. The highest BCUT2D eigenvalue weighted by atomic mass is 16.5. The van der Waals surface area contributed by atoms with Gasteiger partial charge in [-0.25, -0.2) is 0 Å². The average Bonchev–Trinajstić information content (AvgIpc) is 2.90. The minimum Gasteiger partial charge on any atom is -0.816 e. The summed E-state index contributed by atoms with van der Waals surface area (Å²) in [5.41, 5.74) is 1.01. The molecule has 1 aromatic heterocycles. The molecule has 0 aliphatic carbocycles. The minimum absolute atomic E-state index is 0.283. The van der Waals surface area contributed by atoms with Gasteiger partial charge in [0.2, 0.25) is 5.69 Å². The SMILES string of the molecule is CC(=O)Oc1ccccc1-n1nc([O-])[n+](-c2ccccc2)n1. The summed E-state index contributed by atoms with van der Waals surface area (Å²) in [6, 6.07) is 15.1. The van der Waals surface area contributed by atoms with Crippen LogP contribution in [0.4, 0.5) is 0 Å². The summed E-state index contributed by atoms with van der Waals surface area (Å²) in [5.74, 6) is -0.178. The molecule has 0 N–H and O–H groups in total. The predicted molar refractivity (Wildman–Crippen MR) is 73.6 cm³/mol. The fourth-order valence-corrected chi connectivity index (χ4v) is 1.96. The standard InChI is InChI=1S/C15H12N4O3/c1-11(20)22-14-10-6-5-9-13(14)19-16-15(21)18(17-19)12-7-3-2-4-8-12/h2-10H,1H3. The van der Waals surface area contributed by atoms with Gasteiger partial charge >= 0.3 is 5.97 Å². The van der Waals surface area contributed by atoms with E-state index >= 15 is 0 Å². The number of tetrazole rings is 1. The van der Waals surface area contributed by atoms with E-state index in [0.29, 0.717) is 11.4 Å². The lowest BCUT2D eigenvalue weighted by Gasteiger charge is -2.02. The number of carbonyl (C=O) groups excluding carboxylic acids is 1. The third-order valence-corrected chi connectivity index (χ3v) is 2.87. The van der Waals surface area contributed by atoms with E-state index in [1.54, 1.807) is 48.5 Å². The van der Waals surface area contributed by atoms with Gasteiger partial charge in [-0.15, -0.1) is 4.68 Å². The van der Waals surface area contributed by atoms with Crippen molar-refractivity contribution in [2.24, 2.45) is 0 Å². The van der Waals surface area contributed by atoms with Gasteiger partial charge in [0.15, 0.2) is 5.75 Å². The lowest BCUT2D eigenvalue weighted by atomic mass is 10.3. The van der Waals surface area contributed by atoms with E-state index in [1.165, 1.54) is 11.6 Å². The van der Waals surface area contributed by atoms with Crippen molar-refractivity contribution in [3.8, 4) is 23.1 Å². The lowest BCUT2D eigenvalue weighted by molar-refractivity contribution is -0.704. The van der Waals surface area contributed by atoms with Gasteiger partial charge in [-0.05, 0) is 24.3 Å². The molecule has 0 saturated carbocycles. The summed E-state index contributed by atoms with van der Waals surface area (Å²) in [7, 11) is 0. The van der Waals surface area contributed by atoms with Crippen LogP contribution in [-0.4, -0.2) is 21.1 Å². The van der Waals surface area contributed by atoms with Crippen LogP contribution in [0.15, 0.2) is 54.6 Å². The second kappa shape index (κ2) is 5.65. The average molecular weight is 296 g/mol. The number of esters is 1. The maximum Gasteiger partial charge on any atom is 0.308 e. The van der Waals surface area contributed by atoms with Crippen LogP contribution in [0.2, 0.25) is 0 Å². The Kier molecular flexibility index (Phi) is 3.53. The first kappa shape index (κ1) is 13.7. The van der Waals surface area contributed by atoms with Crippen LogP contribution in [0.1, 0.15) is 6.92 Å². The molecule has 1 heterocycles. The van der Waals surface area contributed by atoms with Gasteiger partial charge in [0.1, 0.15) is 5.69 Å². The quantitative estimate of drug-likeness (QED) is 0.400. The molecule has 3 rings (SSSR count). The third kappa shape index (κ3) is 2.64. The molecule has 0 aliphatic heterocycles. The molecule has 2 aromatic carbocycles. The molecule has 3 aromatic rings. The summed E-state index contributed by atoms with van der Waals surface area (Å²) in [6.07, 6.45) is 0. The van der Waals surface area contributed by atoms with Gasteiger partial charge in [-0.2, -0.15) is 0 Å². The Morgan fingerprint density at radius 3 is 2.55 bits per heavy atom. The molecule has 0 bridgehead atoms. The van der Waals surface area contributed by atoms with Gasteiger partial charge in [0.05, 0.1) is 10.3 Å². The van der Waals surface area contributed by atoms with Crippen LogP contribution in [0.5, 0.6) is 11.8 Å². The highest BCUT2D eigenvalue weighted by molar-refractivity contribution is 5.70. The Bertz CT molecular complexity index is 815. The predicted octanol–water partition coefficient (Wildman–Crippen LogP) is 0.543. The maximum absolute atomic E-state index is 12.0. The normalized spacial score (nSPS) is 10.4. The van der Waals surface area contributed by atoms with Crippen LogP contribution in [0.3, 0.4) is 0 Å². The van der Waals surface area contributed by atoms with Gasteiger partial charge in [-0.3, -0.25) is 4.79 Å². The smallest absolute Gasteiger partial charge is 0.308 e. The number of para-hydroxylation sites is 3. The monoisotopic (exact) mass is 296 g/mol. The van der Waals surface area contributed by atoms with Crippen molar-refractivity contribution in [1.29, 1.82) is 0 Å². The van der Waals surface area contributed by atoms with E-state index in [1.807, 2.05) is 6.07 Å². The highest BCUT2D eigenvalue weighted by Gasteiger charge is 2.19. The third-order valence-electron chi connectivity index (χ3n) is 2.87. The van der Waals surface area contributed by atoms with Gasteiger partial charge < -0.3 is 9.84 Å². The summed E-state index contributed by atoms with van der Waals surface area (Å²) in [6.45, 7) is 1.30. The van der Waals surface area contributed by atoms with E-state index in [4.69, 9.17) is 4.74 Å². The number of aromatic nitrogens is 4. The zero-order valence-electron chi connectivity index (χ0n) is 11.7. The van der Waals surface area contributed by atoms with E-state index < -0.39 is 12.0 Å². The molecule has 0 saturated heterocycles. The molecule has 22 heavy (non-hydrogen) atoms. The zero-order valence-corrected chi connectivity index (χ0v) is 11.7. The number of rotatable bonds is 3. The molecule has 0 aliphatic rings. The van der Waals surface area contributed by atoms with Crippen LogP contribution in [-0.2, 0) is 4.79 Å². The Labute approximate surface area is 126 Å². The van der Waals surface area contributed by atoms with Crippen molar-refractivity contribution >= 4 is 5.97 Å². The number of benzene rings is 2. The van der Waals surface area contributed by atoms with Crippen molar-refractivity contribution < 1.29 is 19.3 Å². The second-order valence-electron chi connectivity index (χ2n) is 4.47. The molecule has 0 radical (unpaired) electrons. The van der Waals surface area contributed by atoms with Crippen molar-refractivity contribution in [3.05, 3.63) is 54.6 Å². The molecule has 7 heteroatoms. The number of nitrogens with zero attached hydrogens (tertiary/aromatic N) is 4. The Morgan fingerprint density at radius 2 is 1.82 bits per heavy atom. The molecular weight excluding hydrogens is 284 g/mol. The second-order valence-corrected chi connectivity index (χ2v) is 4.47. The molecular formula is C15H12N4O3. The van der Waals surface area contributed by atoms with E-state index in [2.05, 4.69) is 10.3 Å². The van der Waals surface area contributed by atoms with Crippen molar-refractivity contribution in [2.45, 2.75) is 6.92 Å². The van der Waals surface area contributed by atoms with Crippen molar-refractivity contribution in [2.75, 3.05) is 0 Å². The molecule has 0 fully saturated rings. The van der Waals surface area contributed by atoms with Crippen LogP contribution in [0, 0.1) is 0 Å². The first-order valence-electron chi connectivity index (χ1n) is 6.55. The fourth-order valence-electron chi connectivity index (χ4n) is 1.96. The van der Waals surface area contributed by atoms with Gasteiger partial charge in [-0.1, -0.05) is 30.3 Å². The molecule has 0 spiro atoms. The minimum atomic E-state index is -0.524. The molecule has 0 atom stereocenters. The summed E-state index contributed by atoms with van der Waals surface area (Å²) in [4.78, 5) is 12.3. The maximum atomic E-state index is 12.0. The fraction of sp³-hybridized carbons (Fsp3) is 0.0667. The highest BCUT2D eigenvalue weighted by Crippen LogP contribution is 2.21.